The third-order valence-electron chi connectivity index (χ3n) is 6.46. The highest BCUT2D eigenvalue weighted by molar-refractivity contribution is 7.96. The van der Waals surface area contributed by atoms with E-state index in [9.17, 15) is 4.79 Å². The van der Waals surface area contributed by atoms with Gasteiger partial charge in [0.2, 0.25) is 0 Å². The molecule has 0 radical (unpaired) electrons. The van der Waals surface area contributed by atoms with Crippen LogP contribution in [0, 0.1) is 0 Å². The van der Waals surface area contributed by atoms with E-state index in [4.69, 9.17) is 4.74 Å². The number of carbonyl (C=O) groups excluding carboxylic acids is 1. The molecule has 0 aliphatic heterocycles. The number of carbonyl (C=O) groups is 1. The van der Waals surface area contributed by atoms with Gasteiger partial charge in [0.15, 0.2) is 5.78 Å². The van der Waals surface area contributed by atoms with Crippen LogP contribution in [0.2, 0.25) is 0 Å². The summed E-state index contributed by atoms with van der Waals surface area (Å²) in [5.41, 5.74) is 1.98. The highest BCUT2D eigenvalue weighted by Crippen LogP contribution is 2.65. The molecule has 5 aromatic rings. The molecule has 4 heteroatoms. The third kappa shape index (κ3) is 5.33. The Morgan fingerprint density at radius 3 is 1.38 bits per heavy atom. The van der Waals surface area contributed by atoms with E-state index in [2.05, 4.69) is 90.2 Å². The number of alkyl carbamates (subject to hydrolysis) is 1. The molecule has 0 saturated carbocycles. The van der Waals surface area contributed by atoms with Crippen LogP contribution in [-0.2, 0) is 11.3 Å². The molecule has 0 saturated heterocycles. The van der Waals surface area contributed by atoms with Gasteiger partial charge in [0, 0.05) is 5.56 Å². The molecule has 182 valence electrons. The Bertz CT molecular complexity index is 1300. The van der Waals surface area contributed by atoms with Crippen molar-refractivity contribution in [1.82, 2.24) is 5.32 Å². The largest absolute Gasteiger partial charge is 0.445 e. The predicted octanol–water partition coefficient (Wildman–Crippen LogP) is 6.61. The normalized spacial score (nSPS) is 11.9. The van der Waals surface area contributed by atoms with E-state index in [0.717, 1.165) is 11.1 Å². The quantitative estimate of drug-likeness (QED) is 0.243. The van der Waals surface area contributed by atoms with E-state index in [1.807, 2.05) is 66.7 Å². The zero-order chi connectivity index (χ0) is 25.3. The molecule has 0 unspecified atom stereocenters. The van der Waals surface area contributed by atoms with E-state index >= 15 is 0 Å². The highest BCUT2D eigenvalue weighted by Gasteiger charge is 2.54. The molecule has 3 nitrogen and oxygen atoms in total. The molecule has 0 fully saturated rings. The lowest BCUT2D eigenvalue weighted by molar-refractivity contribution is 0.138. The van der Waals surface area contributed by atoms with Gasteiger partial charge in [0.1, 0.15) is 29.8 Å². The fraction of sp³-hybridized carbons (Fsp3) is 0.0606. The lowest BCUT2D eigenvalue weighted by atomic mass is 10.2. The summed E-state index contributed by atoms with van der Waals surface area (Å²) in [5, 5.41) is 6.88. The van der Waals surface area contributed by atoms with Crippen molar-refractivity contribution in [2.75, 3.05) is 0 Å². The van der Waals surface area contributed by atoms with Crippen LogP contribution in [0.4, 0.5) is 4.79 Å². The van der Waals surface area contributed by atoms with Gasteiger partial charge in [-0.05, 0) is 42.0 Å². The molecular formula is C33H29NO2P+. The molecule has 5 rings (SSSR count). The molecule has 0 spiro atoms. The standard InChI is InChI=1S/C33H28NO2P/c35-33(36-26-27-16-6-1-7-17-27)34-32(28-18-8-2-9-19-28)37(29-20-10-3-11-21-29,30-22-12-4-13-23-30)31-24-14-5-15-25-31/h1-25,32H,26H2/p+1/t32-/m0/s1. The molecule has 0 bridgehead atoms. The maximum Gasteiger partial charge on any atom is 0.410 e. The van der Waals surface area contributed by atoms with Gasteiger partial charge < -0.3 is 4.74 Å². The number of nitrogens with one attached hydrogen (secondary N) is 1. The zero-order valence-electron chi connectivity index (χ0n) is 20.5. The van der Waals surface area contributed by atoms with Gasteiger partial charge in [-0.2, -0.15) is 0 Å². The maximum atomic E-state index is 13.4. The van der Waals surface area contributed by atoms with Gasteiger partial charge in [-0.15, -0.1) is 0 Å². The number of amides is 1. The number of hydrogen-bond acceptors (Lipinski definition) is 2. The summed E-state index contributed by atoms with van der Waals surface area (Å²) in [4.78, 5) is 13.4. The minimum Gasteiger partial charge on any atom is -0.445 e. The van der Waals surface area contributed by atoms with Crippen molar-refractivity contribution < 1.29 is 9.53 Å². The Morgan fingerprint density at radius 2 is 0.946 bits per heavy atom. The Labute approximate surface area is 219 Å². The molecule has 1 N–H and O–H groups in total. The predicted molar refractivity (Wildman–Crippen MR) is 154 cm³/mol. The summed E-state index contributed by atoms with van der Waals surface area (Å²) in [5.74, 6) is -0.343. The molecule has 0 aromatic heterocycles. The fourth-order valence-electron chi connectivity index (χ4n) is 4.80. The van der Waals surface area contributed by atoms with Gasteiger partial charge >= 0.3 is 6.09 Å². The number of rotatable bonds is 8. The first-order valence-electron chi connectivity index (χ1n) is 12.4. The van der Waals surface area contributed by atoms with Gasteiger partial charge in [0.25, 0.3) is 0 Å². The van der Waals surface area contributed by atoms with Crippen molar-refractivity contribution in [2.24, 2.45) is 0 Å². The van der Waals surface area contributed by atoms with Crippen LogP contribution in [-0.4, -0.2) is 6.09 Å². The monoisotopic (exact) mass is 502 g/mol. The van der Waals surface area contributed by atoms with Gasteiger partial charge in [0.05, 0.1) is 0 Å². The summed E-state index contributed by atoms with van der Waals surface area (Å²) >= 11 is 0. The van der Waals surface area contributed by atoms with Crippen molar-refractivity contribution in [3.05, 3.63) is 163 Å². The molecule has 0 heterocycles. The van der Waals surface area contributed by atoms with Gasteiger partial charge in [-0.1, -0.05) is 115 Å². The number of ether oxygens (including phenoxy) is 1. The fourth-order valence-corrected chi connectivity index (χ4v) is 9.43. The van der Waals surface area contributed by atoms with E-state index < -0.39 is 13.4 Å². The lowest BCUT2D eigenvalue weighted by Crippen LogP contribution is -2.42. The van der Waals surface area contributed by atoms with Crippen LogP contribution in [0.25, 0.3) is 0 Å². The SMILES string of the molecule is O=C(N[C@H](c1ccccc1)[P+](c1ccccc1)(c1ccccc1)c1ccccc1)OCc1ccccc1. The third-order valence-corrected chi connectivity index (χ3v) is 11.0. The second kappa shape index (κ2) is 11.7. The minimum atomic E-state index is -2.45. The molecular weight excluding hydrogens is 473 g/mol. The summed E-state index contributed by atoms with van der Waals surface area (Å²) in [6.07, 6.45) is -0.440. The molecule has 0 aliphatic rings. The zero-order valence-corrected chi connectivity index (χ0v) is 21.4. The summed E-state index contributed by atoms with van der Waals surface area (Å²) in [6.45, 7) is 0.210. The summed E-state index contributed by atoms with van der Waals surface area (Å²) < 4.78 is 5.75. The van der Waals surface area contributed by atoms with Crippen molar-refractivity contribution in [3.63, 3.8) is 0 Å². The molecule has 37 heavy (non-hydrogen) atoms. The van der Waals surface area contributed by atoms with Gasteiger partial charge in [-0.3, -0.25) is 5.32 Å². The van der Waals surface area contributed by atoms with Crippen molar-refractivity contribution in [2.45, 2.75) is 12.4 Å². The maximum absolute atomic E-state index is 13.4. The lowest BCUT2D eigenvalue weighted by Gasteiger charge is -2.35. The van der Waals surface area contributed by atoms with Crippen LogP contribution in [0.1, 0.15) is 16.9 Å². The second-order valence-electron chi connectivity index (χ2n) is 8.75. The molecule has 5 aromatic carbocycles. The number of benzene rings is 5. The highest BCUT2D eigenvalue weighted by atomic mass is 31.2. The van der Waals surface area contributed by atoms with E-state index in [1.165, 1.54) is 15.9 Å². The van der Waals surface area contributed by atoms with E-state index in [1.54, 1.807) is 0 Å². The Morgan fingerprint density at radius 1 is 0.568 bits per heavy atom. The van der Waals surface area contributed by atoms with E-state index in [0.29, 0.717) is 0 Å². The Kier molecular flexibility index (Phi) is 7.74. The average molecular weight is 503 g/mol. The average Bonchev–Trinajstić information content (AvgIpc) is 2.99. The second-order valence-corrected chi connectivity index (χ2v) is 12.3. The summed E-state index contributed by atoms with van der Waals surface area (Å²) in [7, 11) is -2.45. The summed E-state index contributed by atoms with van der Waals surface area (Å²) in [6, 6.07) is 51.6. The van der Waals surface area contributed by atoms with Crippen LogP contribution in [0.3, 0.4) is 0 Å². The van der Waals surface area contributed by atoms with Crippen molar-refractivity contribution in [3.8, 4) is 0 Å². The topological polar surface area (TPSA) is 38.3 Å². The minimum absolute atomic E-state index is 0.210. The van der Waals surface area contributed by atoms with Crippen LogP contribution in [0.15, 0.2) is 152 Å². The van der Waals surface area contributed by atoms with Gasteiger partial charge in [-0.25, -0.2) is 4.79 Å². The van der Waals surface area contributed by atoms with Crippen molar-refractivity contribution in [1.29, 1.82) is 0 Å². The van der Waals surface area contributed by atoms with Crippen LogP contribution >= 0.6 is 7.26 Å². The van der Waals surface area contributed by atoms with Crippen LogP contribution in [0.5, 0.6) is 0 Å². The Hall–Kier alpha value is -4.20. The Balaban J connectivity index is 1.68. The molecule has 0 aliphatic carbocycles. The number of hydrogen-bond donors (Lipinski definition) is 1. The van der Waals surface area contributed by atoms with Crippen molar-refractivity contribution >= 4 is 29.3 Å². The molecule has 1 amide bonds. The van der Waals surface area contributed by atoms with Crippen LogP contribution < -0.4 is 21.2 Å². The first kappa shape index (κ1) is 24.5. The molecule has 1 atom stereocenters. The first-order valence-corrected chi connectivity index (χ1v) is 14.2. The first-order chi connectivity index (χ1) is 18.3. The smallest absolute Gasteiger partial charge is 0.410 e. The van der Waals surface area contributed by atoms with E-state index in [-0.39, 0.29) is 12.4 Å².